The Kier molecular flexibility index (Phi) is 23.6. The molecule has 0 aromatic rings. The summed E-state index contributed by atoms with van der Waals surface area (Å²) in [5.41, 5.74) is 0. The van der Waals surface area contributed by atoms with Crippen molar-refractivity contribution in [2.75, 3.05) is 85.9 Å². The highest BCUT2D eigenvalue weighted by atomic mass is 16.6. The molecule has 0 spiro atoms. The molecule has 168 valence electrons. The van der Waals surface area contributed by atoms with E-state index in [1.165, 1.54) is 12.8 Å². The molecule has 0 aromatic carbocycles. The van der Waals surface area contributed by atoms with Crippen molar-refractivity contribution in [1.29, 1.82) is 0 Å². The average Bonchev–Trinajstić information content (AvgIpc) is 2.69. The lowest BCUT2D eigenvalue weighted by atomic mass is 10.3. The van der Waals surface area contributed by atoms with Gasteiger partial charge in [0, 0.05) is 6.61 Å². The molecule has 0 saturated heterocycles. The normalized spacial score (nSPS) is 11.1. The zero-order chi connectivity index (χ0) is 20.5. The van der Waals surface area contributed by atoms with Gasteiger partial charge in [-0.3, -0.25) is 4.79 Å². The molecule has 0 unspecified atom stereocenters. The molecule has 0 atom stereocenters. The maximum atomic E-state index is 11.1. The van der Waals surface area contributed by atoms with Crippen molar-refractivity contribution >= 4 is 5.97 Å². The minimum absolute atomic E-state index is 0.238. The Morgan fingerprint density at radius 1 is 0.536 bits per heavy atom. The van der Waals surface area contributed by atoms with E-state index in [9.17, 15) is 4.79 Å². The Labute approximate surface area is 170 Å². The third-order valence-corrected chi connectivity index (χ3v) is 3.51. The van der Waals surface area contributed by atoms with Crippen LogP contribution in [0.2, 0.25) is 0 Å². The lowest BCUT2D eigenvalue weighted by molar-refractivity contribution is -0.144. The Morgan fingerprint density at radius 2 is 0.929 bits per heavy atom. The van der Waals surface area contributed by atoms with Gasteiger partial charge in [-0.05, 0) is 13.3 Å². The third kappa shape index (κ3) is 23.3. The first-order valence-corrected chi connectivity index (χ1v) is 10.4. The topological polar surface area (TPSA) is 81.7 Å². The summed E-state index contributed by atoms with van der Waals surface area (Å²) in [5, 5.41) is 0. The van der Waals surface area contributed by atoms with E-state index in [1.54, 1.807) is 6.92 Å². The number of rotatable bonds is 23. The highest BCUT2D eigenvalue weighted by Gasteiger charge is 2.00. The van der Waals surface area contributed by atoms with Crippen LogP contribution in [0, 0.1) is 0 Å². The van der Waals surface area contributed by atoms with Gasteiger partial charge in [-0.15, -0.1) is 0 Å². The maximum absolute atomic E-state index is 11.1. The summed E-state index contributed by atoms with van der Waals surface area (Å²) in [5.74, 6) is -0.238. The lowest BCUT2D eigenvalue weighted by Crippen LogP contribution is -2.14. The number of hydrogen-bond donors (Lipinski definition) is 0. The molecule has 8 nitrogen and oxygen atoms in total. The molecule has 0 amide bonds. The van der Waals surface area contributed by atoms with E-state index >= 15 is 0 Å². The van der Waals surface area contributed by atoms with Crippen molar-refractivity contribution in [3.05, 3.63) is 0 Å². The number of ether oxygens (including phenoxy) is 7. The standard InChI is InChI=1S/C20H40O8/c1-3-5-6-8-22-10-12-24-14-16-26-18-19-27-17-15-25-13-11-23-9-7-20(21)28-4-2/h3-19H2,1-2H3. The zero-order valence-electron chi connectivity index (χ0n) is 17.8. The fourth-order valence-corrected chi connectivity index (χ4v) is 2.04. The summed E-state index contributed by atoms with van der Waals surface area (Å²) >= 11 is 0. The van der Waals surface area contributed by atoms with E-state index in [2.05, 4.69) is 6.92 Å². The van der Waals surface area contributed by atoms with E-state index < -0.39 is 0 Å². The van der Waals surface area contributed by atoms with Gasteiger partial charge in [0.05, 0.1) is 85.7 Å². The molecule has 28 heavy (non-hydrogen) atoms. The summed E-state index contributed by atoms with van der Waals surface area (Å²) in [6.07, 6.45) is 3.82. The van der Waals surface area contributed by atoms with Crippen LogP contribution in [0.5, 0.6) is 0 Å². The number of carbonyl (C=O) groups is 1. The maximum Gasteiger partial charge on any atom is 0.308 e. The van der Waals surface area contributed by atoms with Crippen LogP contribution in [-0.4, -0.2) is 91.9 Å². The second-order valence-electron chi connectivity index (χ2n) is 5.94. The van der Waals surface area contributed by atoms with Crippen molar-refractivity contribution < 1.29 is 38.0 Å². The lowest BCUT2D eigenvalue weighted by Gasteiger charge is -2.08. The van der Waals surface area contributed by atoms with E-state index in [1.807, 2.05) is 0 Å². The van der Waals surface area contributed by atoms with Crippen molar-refractivity contribution in [1.82, 2.24) is 0 Å². The molecule has 0 rings (SSSR count). The highest BCUT2D eigenvalue weighted by molar-refractivity contribution is 5.69. The molecular weight excluding hydrogens is 368 g/mol. The molecule has 8 heteroatoms. The number of hydrogen-bond acceptors (Lipinski definition) is 8. The molecule has 0 bridgehead atoms. The van der Waals surface area contributed by atoms with Gasteiger partial charge in [-0.1, -0.05) is 19.8 Å². The first kappa shape index (κ1) is 27.2. The predicted octanol–water partition coefficient (Wildman–Crippen LogP) is 2.23. The molecule has 0 heterocycles. The van der Waals surface area contributed by atoms with E-state index in [4.69, 9.17) is 33.2 Å². The molecule has 0 aliphatic rings. The van der Waals surface area contributed by atoms with Crippen LogP contribution >= 0.6 is 0 Å². The van der Waals surface area contributed by atoms with Crippen LogP contribution in [-0.2, 0) is 38.0 Å². The van der Waals surface area contributed by atoms with Crippen molar-refractivity contribution in [3.63, 3.8) is 0 Å². The first-order chi connectivity index (χ1) is 13.8. The van der Waals surface area contributed by atoms with Crippen molar-refractivity contribution in [2.45, 2.75) is 39.5 Å². The fraction of sp³-hybridized carbons (Fsp3) is 0.950. The summed E-state index contributed by atoms with van der Waals surface area (Å²) in [4.78, 5) is 11.1. The van der Waals surface area contributed by atoms with E-state index in [0.717, 1.165) is 13.0 Å². The van der Waals surface area contributed by atoms with Crippen LogP contribution in [0.25, 0.3) is 0 Å². The molecule has 0 fully saturated rings. The summed E-state index contributed by atoms with van der Waals surface area (Å²) in [6, 6.07) is 0. The smallest absolute Gasteiger partial charge is 0.308 e. The Morgan fingerprint density at radius 3 is 1.32 bits per heavy atom. The first-order valence-electron chi connectivity index (χ1n) is 10.4. The van der Waals surface area contributed by atoms with Gasteiger partial charge in [0.25, 0.3) is 0 Å². The summed E-state index contributed by atoms with van der Waals surface area (Å²) < 4.78 is 37.1. The minimum atomic E-state index is -0.238. The van der Waals surface area contributed by atoms with Gasteiger partial charge < -0.3 is 33.2 Å². The van der Waals surface area contributed by atoms with Gasteiger partial charge >= 0.3 is 5.97 Å². The van der Waals surface area contributed by atoms with Gasteiger partial charge in [-0.25, -0.2) is 0 Å². The highest BCUT2D eigenvalue weighted by Crippen LogP contribution is 1.94. The molecule has 0 saturated carbocycles. The third-order valence-electron chi connectivity index (χ3n) is 3.51. The quantitative estimate of drug-likeness (QED) is 0.188. The summed E-state index contributed by atoms with van der Waals surface area (Å²) in [7, 11) is 0. The van der Waals surface area contributed by atoms with Crippen molar-refractivity contribution in [3.8, 4) is 0 Å². The molecule has 0 aromatic heterocycles. The molecule has 0 radical (unpaired) electrons. The number of esters is 1. The largest absolute Gasteiger partial charge is 0.466 e. The van der Waals surface area contributed by atoms with Gasteiger partial charge in [0.2, 0.25) is 0 Å². The van der Waals surface area contributed by atoms with Gasteiger partial charge in [0.15, 0.2) is 0 Å². The molecule has 0 aliphatic heterocycles. The van der Waals surface area contributed by atoms with Crippen LogP contribution in [0.4, 0.5) is 0 Å². The van der Waals surface area contributed by atoms with Crippen LogP contribution in [0.3, 0.4) is 0 Å². The van der Waals surface area contributed by atoms with Crippen LogP contribution in [0.15, 0.2) is 0 Å². The Hall–Kier alpha value is -0.770. The number of carbonyl (C=O) groups excluding carboxylic acids is 1. The minimum Gasteiger partial charge on any atom is -0.466 e. The Balaban J connectivity index is 3.02. The monoisotopic (exact) mass is 408 g/mol. The van der Waals surface area contributed by atoms with Gasteiger partial charge in [0.1, 0.15) is 0 Å². The zero-order valence-corrected chi connectivity index (χ0v) is 17.8. The average molecular weight is 409 g/mol. The van der Waals surface area contributed by atoms with E-state index in [0.29, 0.717) is 79.3 Å². The van der Waals surface area contributed by atoms with Crippen LogP contribution in [0.1, 0.15) is 39.5 Å². The molecular formula is C20H40O8. The predicted molar refractivity (Wildman–Crippen MR) is 106 cm³/mol. The fourth-order valence-electron chi connectivity index (χ4n) is 2.04. The molecule has 0 N–H and O–H groups in total. The second kappa shape index (κ2) is 24.3. The summed E-state index contributed by atoms with van der Waals surface area (Å²) in [6.45, 7) is 10.9. The number of unbranched alkanes of at least 4 members (excludes halogenated alkanes) is 2. The van der Waals surface area contributed by atoms with Crippen LogP contribution < -0.4 is 0 Å². The Bertz CT molecular complexity index is 315. The molecule has 0 aliphatic carbocycles. The van der Waals surface area contributed by atoms with Crippen molar-refractivity contribution in [2.24, 2.45) is 0 Å². The van der Waals surface area contributed by atoms with E-state index in [-0.39, 0.29) is 12.4 Å². The SMILES string of the molecule is CCCCCOCCOCCOCCOCCOCCOCCC(=O)OCC. The van der Waals surface area contributed by atoms with Gasteiger partial charge in [-0.2, -0.15) is 0 Å². The second-order valence-corrected chi connectivity index (χ2v) is 5.94.